The summed E-state index contributed by atoms with van der Waals surface area (Å²) < 4.78 is 23.1. The molecule has 41 heavy (non-hydrogen) atoms. The lowest BCUT2D eigenvalue weighted by Gasteiger charge is -2.33. The largest absolute Gasteiger partial charge is 0.603 e. The second-order valence-electron chi connectivity index (χ2n) is 9.02. The molecule has 1 saturated heterocycles. The second kappa shape index (κ2) is 12.4. The lowest BCUT2D eigenvalue weighted by Crippen LogP contribution is -3.12. The van der Waals surface area contributed by atoms with E-state index >= 15 is 0 Å². The Labute approximate surface area is 234 Å². The van der Waals surface area contributed by atoms with Crippen molar-refractivity contribution in [3.05, 3.63) is 125 Å². The number of hydrogen-bond donors (Lipinski definition) is 2. The number of nitrogens with zero attached hydrogens (tertiary/aromatic N) is 1. The Morgan fingerprint density at radius 1 is 0.780 bits per heavy atom. The molecule has 3 aromatic carbocycles. The predicted octanol–water partition coefficient (Wildman–Crippen LogP) is 1.81. The molecule has 0 aromatic heterocycles. The number of benzene rings is 3. The van der Waals surface area contributed by atoms with Gasteiger partial charge < -0.3 is 24.2 Å². The minimum absolute atomic E-state index is 0.201. The van der Waals surface area contributed by atoms with E-state index in [2.05, 4.69) is 5.43 Å². The van der Waals surface area contributed by atoms with Gasteiger partial charge in [0, 0.05) is 0 Å². The van der Waals surface area contributed by atoms with Gasteiger partial charge in [0.2, 0.25) is 0 Å². The van der Waals surface area contributed by atoms with Gasteiger partial charge in [0.05, 0.1) is 22.9 Å². The van der Waals surface area contributed by atoms with Crippen LogP contribution in [-0.4, -0.2) is 60.0 Å². The summed E-state index contributed by atoms with van der Waals surface area (Å²) in [5.74, 6) is -2.19. The summed E-state index contributed by atoms with van der Waals surface area (Å²) in [6, 6.07) is 23.5. The van der Waals surface area contributed by atoms with Crippen LogP contribution in [-0.2, 0) is 18.9 Å². The molecule has 1 unspecified atom stereocenters. The first-order valence-electron chi connectivity index (χ1n) is 12.6. The molecule has 0 radical (unpaired) electrons. The van der Waals surface area contributed by atoms with Gasteiger partial charge in [-0.2, -0.15) is 5.43 Å². The minimum Gasteiger partial charge on any atom is -0.603 e. The lowest BCUT2D eigenvalue weighted by molar-refractivity contribution is -0.834. The number of carbonyl (C=O) groups excluding carboxylic acids is 4. The molecule has 0 saturated carbocycles. The van der Waals surface area contributed by atoms with Gasteiger partial charge in [0.25, 0.3) is 0 Å². The molecular weight excluding hydrogens is 534 g/mol. The van der Waals surface area contributed by atoms with Crippen LogP contribution in [0.3, 0.4) is 0 Å². The van der Waals surface area contributed by atoms with Crippen LogP contribution in [0.4, 0.5) is 4.79 Å². The monoisotopic (exact) mass is 559 g/mol. The topological polar surface area (TPSA) is 148 Å². The highest BCUT2D eigenvalue weighted by molar-refractivity contribution is 5.91. The van der Waals surface area contributed by atoms with E-state index in [-0.39, 0.29) is 16.7 Å². The van der Waals surface area contributed by atoms with Crippen molar-refractivity contribution in [3.8, 4) is 0 Å². The zero-order valence-electron chi connectivity index (χ0n) is 21.5. The number of nitrogens with one attached hydrogen (secondary N) is 2. The standard InChI is InChI=1S/C29H25N3O9/c33-26(19-10-4-1-5-11-19)38-18-22-23(40-27(34)20-12-6-2-7-13-20)24(41-28(35)21-14-8-3-9-15-21)25(39-22)31-16-17-32(37)30-29(31)36/h1-17,22-25,32H,18H2,(H,30,36)/t22-,23+,24-,25+/m0/s1. The van der Waals surface area contributed by atoms with Crippen LogP contribution in [0.25, 0.3) is 0 Å². The maximum atomic E-state index is 13.1. The molecule has 2 amide bonds. The van der Waals surface area contributed by atoms with Gasteiger partial charge >= 0.3 is 23.9 Å². The van der Waals surface area contributed by atoms with Gasteiger partial charge in [-0.25, -0.2) is 24.4 Å². The molecule has 2 aliphatic heterocycles. The van der Waals surface area contributed by atoms with E-state index in [1.807, 2.05) is 0 Å². The number of esters is 3. The fourth-order valence-electron chi connectivity index (χ4n) is 4.31. The molecule has 0 spiro atoms. The zero-order valence-corrected chi connectivity index (χ0v) is 21.5. The van der Waals surface area contributed by atoms with Crippen molar-refractivity contribution in [2.24, 2.45) is 0 Å². The molecule has 3 aromatic rings. The number of urea groups is 1. The molecule has 0 aliphatic carbocycles. The maximum Gasteiger partial charge on any atom is 0.368 e. The molecule has 1 fully saturated rings. The Bertz CT molecular complexity index is 1420. The van der Waals surface area contributed by atoms with Crippen molar-refractivity contribution in [2.75, 3.05) is 6.61 Å². The molecule has 5 atom stereocenters. The van der Waals surface area contributed by atoms with Crippen molar-refractivity contribution < 1.29 is 43.3 Å². The first-order valence-corrected chi connectivity index (χ1v) is 12.6. The van der Waals surface area contributed by atoms with Crippen molar-refractivity contribution in [3.63, 3.8) is 0 Å². The highest BCUT2D eigenvalue weighted by Gasteiger charge is 2.54. The number of quaternary nitrogens is 1. The molecule has 2 aliphatic rings. The Kier molecular flexibility index (Phi) is 8.34. The number of carbonyl (C=O) groups is 4. The number of hydroxylamine groups is 1. The van der Waals surface area contributed by atoms with Gasteiger partial charge in [-0.15, -0.1) is 0 Å². The summed E-state index contributed by atoms with van der Waals surface area (Å²) >= 11 is 0. The normalized spacial score (nSPS) is 23.4. The summed E-state index contributed by atoms with van der Waals surface area (Å²) in [6.45, 7) is -0.408. The smallest absolute Gasteiger partial charge is 0.368 e. The number of hydrogen-bond acceptors (Lipinski definition) is 9. The third-order valence-electron chi connectivity index (χ3n) is 6.30. The van der Waals surface area contributed by atoms with Crippen LogP contribution in [0, 0.1) is 5.21 Å². The number of rotatable bonds is 8. The third-order valence-corrected chi connectivity index (χ3v) is 6.30. The maximum absolute atomic E-state index is 13.1. The summed E-state index contributed by atoms with van der Waals surface area (Å²) in [6.07, 6.45) is -2.94. The number of ether oxygens (including phenoxy) is 4. The molecule has 12 nitrogen and oxygen atoms in total. The summed E-state index contributed by atoms with van der Waals surface area (Å²) in [4.78, 5) is 52.7. The van der Waals surface area contributed by atoms with E-state index in [9.17, 15) is 24.4 Å². The zero-order chi connectivity index (χ0) is 28.8. The van der Waals surface area contributed by atoms with Crippen molar-refractivity contribution in [2.45, 2.75) is 24.5 Å². The van der Waals surface area contributed by atoms with Crippen molar-refractivity contribution in [1.29, 1.82) is 0 Å². The SMILES string of the molecule is O=C(OC[C@@H]1O[C@@H](N2C=C[NH+]([O-])NC2=O)[C@@H](OC(=O)c2ccccc2)[C@@H]1OC(=O)c1ccccc1)c1ccccc1. The van der Waals surface area contributed by atoms with Crippen LogP contribution < -0.4 is 10.6 Å². The van der Waals surface area contributed by atoms with Gasteiger partial charge in [-0.1, -0.05) is 54.6 Å². The van der Waals surface area contributed by atoms with E-state index in [1.54, 1.807) is 66.7 Å². The summed E-state index contributed by atoms with van der Waals surface area (Å²) in [7, 11) is 0. The molecule has 0 bridgehead atoms. The van der Waals surface area contributed by atoms with E-state index < -0.39 is 60.3 Å². The van der Waals surface area contributed by atoms with Gasteiger partial charge in [-0.3, -0.25) is 4.90 Å². The average molecular weight is 560 g/mol. The van der Waals surface area contributed by atoms with Crippen LogP contribution in [0.2, 0.25) is 0 Å². The second-order valence-corrected chi connectivity index (χ2v) is 9.02. The molecule has 2 heterocycles. The van der Waals surface area contributed by atoms with Crippen molar-refractivity contribution in [1.82, 2.24) is 10.3 Å². The fraction of sp³-hybridized carbons (Fsp3) is 0.172. The van der Waals surface area contributed by atoms with E-state index in [0.717, 1.165) is 11.1 Å². The molecule has 5 rings (SSSR count). The Morgan fingerprint density at radius 2 is 1.27 bits per heavy atom. The van der Waals surface area contributed by atoms with E-state index in [0.29, 0.717) is 0 Å². The molecule has 12 heteroatoms. The van der Waals surface area contributed by atoms with Crippen molar-refractivity contribution >= 4 is 23.9 Å². The van der Waals surface area contributed by atoms with E-state index in [1.165, 1.54) is 30.5 Å². The lowest BCUT2D eigenvalue weighted by atomic mass is 10.1. The highest BCUT2D eigenvalue weighted by atomic mass is 16.7. The average Bonchev–Trinajstić information content (AvgIpc) is 3.33. The highest BCUT2D eigenvalue weighted by Crippen LogP contribution is 2.31. The summed E-state index contributed by atoms with van der Waals surface area (Å²) in [5.41, 5.74) is 2.82. The van der Waals surface area contributed by atoms with Gasteiger partial charge in [0.1, 0.15) is 18.9 Å². The summed E-state index contributed by atoms with van der Waals surface area (Å²) in [5, 5.41) is 11.1. The minimum atomic E-state index is -1.38. The quantitative estimate of drug-likeness (QED) is 0.240. The predicted molar refractivity (Wildman–Crippen MR) is 141 cm³/mol. The van der Waals surface area contributed by atoms with Crippen LogP contribution in [0.5, 0.6) is 0 Å². The van der Waals surface area contributed by atoms with Crippen LogP contribution in [0.1, 0.15) is 31.1 Å². The molecule has 210 valence electrons. The Hall–Kier alpha value is -5.04. The number of amides is 2. The first-order chi connectivity index (χ1) is 19.9. The van der Waals surface area contributed by atoms with Crippen LogP contribution >= 0.6 is 0 Å². The van der Waals surface area contributed by atoms with E-state index in [4.69, 9.17) is 18.9 Å². The van der Waals surface area contributed by atoms with Crippen LogP contribution in [0.15, 0.2) is 103 Å². The Morgan fingerprint density at radius 3 is 1.78 bits per heavy atom. The molecule has 2 N–H and O–H groups in total. The fourth-order valence-corrected chi connectivity index (χ4v) is 4.31. The van der Waals surface area contributed by atoms with Gasteiger partial charge in [0.15, 0.2) is 18.4 Å². The Balaban J connectivity index is 1.46. The molecular formula is C29H25N3O9. The first kappa shape index (κ1) is 27.5. The third kappa shape index (κ3) is 6.41. The van der Waals surface area contributed by atoms with Gasteiger partial charge in [-0.05, 0) is 36.4 Å².